The Morgan fingerprint density at radius 1 is 0.640 bits per heavy atom. The first kappa shape index (κ1) is 21.0. The molecule has 136 valence electrons. The van der Waals surface area contributed by atoms with Gasteiger partial charge in [0, 0.05) is 22.5 Å². The Morgan fingerprint density at radius 2 is 0.960 bits per heavy atom. The van der Waals surface area contributed by atoms with Crippen LogP contribution < -0.4 is 11.5 Å². The van der Waals surface area contributed by atoms with Crippen LogP contribution in [0.15, 0.2) is 46.2 Å². The van der Waals surface area contributed by atoms with Crippen molar-refractivity contribution in [3.05, 3.63) is 47.5 Å². The molecule has 2 aromatic carbocycles. The second-order valence-corrected chi connectivity index (χ2v) is 11.6. The summed E-state index contributed by atoms with van der Waals surface area (Å²) in [4.78, 5) is -0.371. The van der Waals surface area contributed by atoms with Gasteiger partial charge in [0.1, 0.15) is 0 Å². The molecule has 0 radical (unpaired) electrons. The zero-order chi connectivity index (χ0) is 19.2. The van der Waals surface area contributed by atoms with Crippen LogP contribution in [0.5, 0.6) is 0 Å². The van der Waals surface area contributed by atoms with Gasteiger partial charge in [0.25, 0.3) is 0 Å². The van der Waals surface area contributed by atoms with Crippen LogP contribution in [0.3, 0.4) is 0 Å². The van der Waals surface area contributed by atoms with Crippen LogP contribution in [0.1, 0.15) is 11.1 Å². The summed E-state index contributed by atoms with van der Waals surface area (Å²) in [7, 11) is -4.06. The van der Waals surface area contributed by atoms with Gasteiger partial charge in [-0.25, -0.2) is 8.42 Å². The highest BCUT2D eigenvalue weighted by Gasteiger charge is 2.29. The predicted molar refractivity (Wildman–Crippen MR) is 106 cm³/mol. The highest BCUT2D eigenvalue weighted by molar-refractivity contribution is 7.91. The molecule has 4 N–H and O–H groups in total. The van der Waals surface area contributed by atoms with Gasteiger partial charge in [-0.3, -0.25) is 0 Å². The number of nitrogens with two attached hydrogens (primary N) is 2. The molecule has 11 heteroatoms. The van der Waals surface area contributed by atoms with E-state index in [9.17, 15) is 8.42 Å². The molecule has 0 heterocycles. The first-order valence-corrected chi connectivity index (χ1v) is 10.2. The normalized spacial score (nSPS) is 13.0. The molecule has 0 amide bonds. The molecule has 25 heavy (non-hydrogen) atoms. The molecule has 0 spiro atoms. The fraction of sp³-hybridized carbons (Fsp3) is 0.143. The van der Waals surface area contributed by atoms with Gasteiger partial charge < -0.3 is 11.5 Å². The summed E-state index contributed by atoms with van der Waals surface area (Å²) in [5.41, 5.74) is 11.9. The third-order valence-corrected chi connectivity index (χ3v) is 6.15. The van der Waals surface area contributed by atoms with Crippen LogP contribution in [-0.2, 0) is 17.4 Å². The van der Waals surface area contributed by atoms with Gasteiger partial charge in [-0.05, 0) is 36.4 Å². The highest BCUT2D eigenvalue weighted by atomic mass is 35.6. The van der Waals surface area contributed by atoms with Gasteiger partial charge in [0.15, 0.2) is 0 Å². The van der Waals surface area contributed by atoms with Gasteiger partial charge in [0.05, 0.1) is 9.79 Å². The Kier molecular flexibility index (Phi) is 5.92. The number of sulfone groups is 1. The molecule has 0 aliphatic carbocycles. The molecule has 4 nitrogen and oxygen atoms in total. The lowest BCUT2D eigenvalue weighted by molar-refractivity contribution is 0.596. The second kappa shape index (κ2) is 7.04. The molecule has 0 fully saturated rings. The maximum absolute atomic E-state index is 12.9. The molecular weight excluding hydrogens is 473 g/mol. The van der Waals surface area contributed by atoms with Crippen LogP contribution >= 0.6 is 69.6 Å². The van der Waals surface area contributed by atoms with Crippen LogP contribution in [0, 0.1) is 0 Å². The fourth-order valence-electron chi connectivity index (χ4n) is 2.02. The van der Waals surface area contributed by atoms with Crippen molar-refractivity contribution in [1.82, 2.24) is 0 Å². The van der Waals surface area contributed by atoms with Crippen molar-refractivity contribution in [3.8, 4) is 0 Å². The Hall–Kier alpha value is -0.270. The third kappa shape index (κ3) is 4.92. The molecule has 0 saturated carbocycles. The molecule has 0 aliphatic heterocycles. The molecule has 0 atom stereocenters. The monoisotopic (exact) mass is 480 g/mol. The van der Waals surface area contributed by atoms with E-state index < -0.39 is 17.4 Å². The van der Waals surface area contributed by atoms with E-state index in [1.807, 2.05) is 0 Å². The largest absolute Gasteiger partial charge is 0.399 e. The van der Waals surface area contributed by atoms with E-state index in [4.69, 9.17) is 81.1 Å². The van der Waals surface area contributed by atoms with Gasteiger partial charge in [-0.2, -0.15) is 0 Å². The van der Waals surface area contributed by atoms with Gasteiger partial charge in [-0.15, -0.1) is 0 Å². The standard InChI is InChI=1S/C14H10Cl6N2O2S/c15-13(16,17)7-1-9(21)5-11(3-7)25(23,24)12-4-8(14(18,19)20)2-10(22)6-12/h1-6H,21-22H2. The van der Waals surface area contributed by atoms with E-state index in [1.165, 1.54) is 36.4 Å². The fourth-order valence-corrected chi connectivity index (χ4v) is 4.09. The third-order valence-electron chi connectivity index (χ3n) is 3.13. The minimum atomic E-state index is -4.06. The van der Waals surface area contributed by atoms with E-state index in [2.05, 4.69) is 0 Å². The lowest BCUT2D eigenvalue weighted by Gasteiger charge is -2.16. The van der Waals surface area contributed by atoms with E-state index >= 15 is 0 Å². The van der Waals surface area contributed by atoms with Crippen molar-refractivity contribution < 1.29 is 8.42 Å². The van der Waals surface area contributed by atoms with Crippen molar-refractivity contribution in [1.29, 1.82) is 0 Å². The molecule has 0 aliphatic rings. The molecule has 2 aromatic rings. The van der Waals surface area contributed by atoms with Crippen molar-refractivity contribution >= 4 is 90.8 Å². The number of hydrogen-bond donors (Lipinski definition) is 2. The van der Waals surface area contributed by atoms with Crippen LogP contribution in [-0.4, -0.2) is 8.42 Å². The minimum Gasteiger partial charge on any atom is -0.399 e. The highest BCUT2D eigenvalue weighted by Crippen LogP contribution is 2.42. The number of halogens is 6. The quantitative estimate of drug-likeness (QED) is 0.447. The number of rotatable bonds is 2. The lowest BCUT2D eigenvalue weighted by Crippen LogP contribution is -2.10. The number of alkyl halides is 6. The Labute approximate surface area is 174 Å². The summed E-state index contributed by atoms with van der Waals surface area (Å²) in [5, 5.41) is 0. The van der Waals surface area contributed by atoms with E-state index in [0.29, 0.717) is 0 Å². The molecule has 0 unspecified atom stereocenters. The Balaban J connectivity index is 2.68. The number of anilines is 2. The molecule has 0 bridgehead atoms. The van der Waals surface area contributed by atoms with E-state index in [-0.39, 0.29) is 32.3 Å². The first-order chi connectivity index (χ1) is 11.2. The summed E-state index contributed by atoms with van der Waals surface area (Å²) < 4.78 is 22.2. The summed E-state index contributed by atoms with van der Waals surface area (Å²) in [6, 6.07) is 7.59. The smallest absolute Gasteiger partial charge is 0.216 e. The summed E-state index contributed by atoms with van der Waals surface area (Å²) in [6.45, 7) is 0. The average molecular weight is 483 g/mol. The van der Waals surface area contributed by atoms with E-state index in [1.54, 1.807) is 0 Å². The number of benzene rings is 2. The van der Waals surface area contributed by atoms with Crippen molar-refractivity contribution in [3.63, 3.8) is 0 Å². The van der Waals surface area contributed by atoms with Gasteiger partial charge >= 0.3 is 0 Å². The predicted octanol–water partition coefficient (Wildman–Crippen LogP) is 5.34. The maximum Gasteiger partial charge on any atom is 0.216 e. The Morgan fingerprint density at radius 3 is 1.24 bits per heavy atom. The zero-order valence-corrected chi connectivity index (χ0v) is 17.5. The van der Waals surface area contributed by atoms with Crippen molar-refractivity contribution in [2.24, 2.45) is 0 Å². The van der Waals surface area contributed by atoms with Gasteiger partial charge in [0.2, 0.25) is 17.4 Å². The SMILES string of the molecule is Nc1cc(C(Cl)(Cl)Cl)cc(S(=O)(=O)c2cc(N)cc(C(Cl)(Cl)Cl)c2)c1. The molecular formula is C14H10Cl6N2O2S. The number of hydrogen-bond acceptors (Lipinski definition) is 4. The maximum atomic E-state index is 12.9. The summed E-state index contributed by atoms with van der Waals surface area (Å²) >= 11 is 34.9. The Bertz CT molecular complexity index is 850. The van der Waals surface area contributed by atoms with Crippen LogP contribution in [0.2, 0.25) is 0 Å². The minimum absolute atomic E-state index is 0.0987. The number of nitrogen functional groups attached to an aromatic ring is 2. The summed E-state index contributed by atoms with van der Waals surface area (Å²) in [5.74, 6) is 0. The zero-order valence-electron chi connectivity index (χ0n) is 12.1. The molecule has 2 rings (SSSR count). The molecule has 0 aromatic heterocycles. The van der Waals surface area contributed by atoms with Crippen molar-refractivity contribution in [2.75, 3.05) is 11.5 Å². The summed E-state index contributed by atoms with van der Waals surface area (Å²) in [6.07, 6.45) is 0. The first-order valence-electron chi connectivity index (χ1n) is 6.42. The van der Waals surface area contributed by atoms with Crippen LogP contribution in [0.4, 0.5) is 11.4 Å². The van der Waals surface area contributed by atoms with Crippen molar-refractivity contribution in [2.45, 2.75) is 17.4 Å². The van der Waals surface area contributed by atoms with E-state index in [0.717, 1.165) is 0 Å². The van der Waals surface area contributed by atoms with Gasteiger partial charge in [-0.1, -0.05) is 69.6 Å². The van der Waals surface area contributed by atoms with Crippen LogP contribution in [0.25, 0.3) is 0 Å². The topological polar surface area (TPSA) is 86.2 Å². The lowest BCUT2D eigenvalue weighted by atomic mass is 10.2. The average Bonchev–Trinajstić information content (AvgIpc) is 2.44. The second-order valence-electron chi connectivity index (χ2n) is 5.08. The molecule has 0 saturated heterocycles.